The molecule has 0 amide bonds. The zero-order chi connectivity index (χ0) is 37.2. The van der Waals surface area contributed by atoms with Gasteiger partial charge in [-0.15, -0.1) is 0 Å². The van der Waals surface area contributed by atoms with Gasteiger partial charge in [-0.3, -0.25) is 0 Å². The SMILES string of the molecule is Fc1cc(OC(F)(F)c2c(F)cc(-c3cc4c(cc3-c3cc(F)c(C(F)(F)Oc5cc(F)c(F)c(F)c5)c(F)c3)OCO4)cc2F)cc(F)c1F. The van der Waals surface area contributed by atoms with Gasteiger partial charge in [-0.1, -0.05) is 0 Å². The summed E-state index contributed by atoms with van der Waals surface area (Å²) in [6, 6.07) is 3.16. The molecule has 18 heteroatoms. The van der Waals surface area contributed by atoms with E-state index in [0.717, 1.165) is 12.1 Å². The second-order valence-electron chi connectivity index (χ2n) is 10.5. The standard InChI is InChI=1S/C33H12F14O4/c34-18-1-12(2-19(35)28(18)32(44,45)50-14-5-22(38)30(42)23(39)6-14)16-9-26-27(49-11-48-26)10-17(16)13-3-20(36)29(21(37)4-13)33(46,47)51-15-7-24(40)31(43)25(41)8-15/h1-10H,11H2. The summed E-state index contributed by atoms with van der Waals surface area (Å²) in [7, 11) is 0. The normalized spacial score (nSPS) is 12.7. The maximum atomic E-state index is 15.2. The molecule has 1 heterocycles. The van der Waals surface area contributed by atoms with Crippen molar-refractivity contribution in [1.82, 2.24) is 0 Å². The van der Waals surface area contributed by atoms with Crippen molar-refractivity contribution < 1.29 is 80.4 Å². The summed E-state index contributed by atoms with van der Waals surface area (Å²) in [4.78, 5) is 0. The van der Waals surface area contributed by atoms with Crippen molar-refractivity contribution in [2.75, 3.05) is 6.79 Å². The fourth-order valence-electron chi connectivity index (χ4n) is 5.01. The monoisotopic (exact) mass is 738 g/mol. The van der Waals surface area contributed by atoms with Gasteiger partial charge in [0.1, 0.15) is 45.9 Å². The lowest BCUT2D eigenvalue weighted by molar-refractivity contribution is -0.190. The molecule has 0 bridgehead atoms. The third kappa shape index (κ3) is 6.52. The molecule has 0 fully saturated rings. The summed E-state index contributed by atoms with van der Waals surface area (Å²) in [6.07, 6.45) is -9.94. The lowest BCUT2D eigenvalue weighted by Crippen LogP contribution is -2.25. The Morgan fingerprint density at radius 3 is 1.00 bits per heavy atom. The first kappa shape index (κ1) is 35.2. The first-order chi connectivity index (χ1) is 23.9. The van der Waals surface area contributed by atoms with Gasteiger partial charge in [0.05, 0.1) is 0 Å². The summed E-state index contributed by atoms with van der Waals surface area (Å²) in [5, 5.41) is 0. The van der Waals surface area contributed by atoms with Crippen LogP contribution >= 0.6 is 0 Å². The van der Waals surface area contributed by atoms with Crippen LogP contribution in [0.25, 0.3) is 22.3 Å². The summed E-state index contributed by atoms with van der Waals surface area (Å²) < 4.78 is 220. The molecule has 0 aliphatic carbocycles. The molecule has 266 valence electrons. The molecule has 0 atom stereocenters. The van der Waals surface area contributed by atoms with E-state index in [1.807, 2.05) is 0 Å². The van der Waals surface area contributed by atoms with E-state index >= 15 is 17.6 Å². The van der Waals surface area contributed by atoms with Crippen LogP contribution < -0.4 is 18.9 Å². The Labute approximate surface area is 275 Å². The lowest BCUT2D eigenvalue weighted by atomic mass is 9.92. The Bertz CT molecular complexity index is 1980. The maximum Gasteiger partial charge on any atom is 0.432 e. The van der Waals surface area contributed by atoms with E-state index in [2.05, 4.69) is 9.47 Å². The Kier molecular flexibility index (Phi) is 8.67. The largest absolute Gasteiger partial charge is 0.454 e. The third-order valence-corrected chi connectivity index (χ3v) is 7.21. The number of hydrogen-bond acceptors (Lipinski definition) is 4. The van der Waals surface area contributed by atoms with Gasteiger partial charge >= 0.3 is 12.2 Å². The molecular formula is C33H12F14O4. The molecule has 5 aromatic rings. The van der Waals surface area contributed by atoms with E-state index < -0.39 is 122 Å². The Morgan fingerprint density at radius 2 is 0.706 bits per heavy atom. The van der Waals surface area contributed by atoms with Gasteiger partial charge in [0.15, 0.2) is 46.4 Å². The third-order valence-electron chi connectivity index (χ3n) is 7.21. The molecule has 1 aliphatic rings. The Morgan fingerprint density at radius 1 is 0.412 bits per heavy atom. The van der Waals surface area contributed by atoms with Gasteiger partial charge in [-0.05, 0) is 58.7 Å². The Balaban J connectivity index is 1.40. The molecule has 0 unspecified atom stereocenters. The average Bonchev–Trinajstić information content (AvgIpc) is 3.48. The van der Waals surface area contributed by atoms with E-state index in [9.17, 15) is 43.9 Å². The van der Waals surface area contributed by atoms with Crippen molar-refractivity contribution in [3.8, 4) is 45.3 Å². The van der Waals surface area contributed by atoms with Crippen LogP contribution in [0.2, 0.25) is 0 Å². The quantitative estimate of drug-likeness (QED) is 0.117. The van der Waals surface area contributed by atoms with Crippen LogP contribution in [0.4, 0.5) is 61.5 Å². The highest BCUT2D eigenvalue weighted by Gasteiger charge is 2.43. The minimum atomic E-state index is -4.97. The first-order valence-electron chi connectivity index (χ1n) is 13.7. The van der Waals surface area contributed by atoms with Crippen LogP contribution in [0, 0.1) is 58.2 Å². The number of hydrogen-bond donors (Lipinski definition) is 0. The van der Waals surface area contributed by atoms with Gasteiger partial charge in [0.2, 0.25) is 6.79 Å². The van der Waals surface area contributed by atoms with E-state index in [-0.39, 0.29) is 35.8 Å². The van der Waals surface area contributed by atoms with E-state index in [1.165, 1.54) is 0 Å². The first-order valence-corrected chi connectivity index (χ1v) is 13.7. The van der Waals surface area contributed by atoms with Gasteiger partial charge in [0, 0.05) is 24.3 Å². The van der Waals surface area contributed by atoms with Crippen LogP contribution in [0.3, 0.4) is 0 Å². The zero-order valence-corrected chi connectivity index (χ0v) is 24.4. The van der Waals surface area contributed by atoms with Crippen LogP contribution in [-0.2, 0) is 12.2 Å². The van der Waals surface area contributed by atoms with Gasteiger partial charge in [-0.25, -0.2) is 43.9 Å². The molecule has 0 aromatic heterocycles. The predicted molar refractivity (Wildman–Crippen MR) is 145 cm³/mol. The summed E-state index contributed by atoms with van der Waals surface area (Å²) in [5.74, 6) is -23.0. The minimum Gasteiger partial charge on any atom is -0.454 e. The molecule has 6 rings (SSSR count). The van der Waals surface area contributed by atoms with E-state index in [1.54, 1.807) is 0 Å². The molecule has 0 saturated heterocycles. The fourth-order valence-corrected chi connectivity index (χ4v) is 5.01. The highest BCUT2D eigenvalue weighted by molar-refractivity contribution is 5.86. The van der Waals surface area contributed by atoms with Crippen molar-refractivity contribution in [1.29, 1.82) is 0 Å². The van der Waals surface area contributed by atoms with Crippen molar-refractivity contribution in [2.24, 2.45) is 0 Å². The number of halogens is 14. The number of fused-ring (bicyclic) bond motifs is 1. The van der Waals surface area contributed by atoms with Crippen LogP contribution in [-0.4, -0.2) is 6.79 Å². The second-order valence-corrected chi connectivity index (χ2v) is 10.5. The highest BCUT2D eigenvalue weighted by Crippen LogP contribution is 2.46. The zero-order valence-electron chi connectivity index (χ0n) is 24.4. The van der Waals surface area contributed by atoms with E-state index in [4.69, 9.17) is 9.47 Å². The Hall–Kier alpha value is -5.68. The molecule has 1 aliphatic heterocycles. The van der Waals surface area contributed by atoms with Crippen molar-refractivity contribution in [2.45, 2.75) is 12.2 Å². The number of ether oxygens (including phenoxy) is 4. The molecule has 51 heavy (non-hydrogen) atoms. The van der Waals surface area contributed by atoms with Crippen molar-refractivity contribution in [3.05, 3.63) is 130 Å². The fraction of sp³-hybridized carbons (Fsp3) is 0.0909. The summed E-state index contributed by atoms with van der Waals surface area (Å²) in [5.41, 5.74) is -6.19. The second kappa shape index (κ2) is 12.6. The average molecular weight is 738 g/mol. The molecule has 0 radical (unpaired) electrons. The topological polar surface area (TPSA) is 36.9 Å². The molecule has 0 N–H and O–H groups in total. The maximum absolute atomic E-state index is 15.2. The number of rotatable bonds is 8. The van der Waals surface area contributed by atoms with E-state index in [0.29, 0.717) is 24.3 Å². The van der Waals surface area contributed by atoms with Crippen molar-refractivity contribution in [3.63, 3.8) is 0 Å². The molecular weight excluding hydrogens is 726 g/mol. The highest BCUT2D eigenvalue weighted by atomic mass is 19.3. The molecule has 4 nitrogen and oxygen atoms in total. The van der Waals surface area contributed by atoms with Crippen LogP contribution in [0.15, 0.2) is 60.7 Å². The van der Waals surface area contributed by atoms with Crippen molar-refractivity contribution >= 4 is 0 Å². The molecule has 0 spiro atoms. The summed E-state index contributed by atoms with van der Waals surface area (Å²) >= 11 is 0. The minimum absolute atomic E-state index is 0.0106. The molecule has 5 aromatic carbocycles. The number of benzene rings is 5. The predicted octanol–water partition coefficient (Wildman–Crippen LogP) is 10.4. The van der Waals surface area contributed by atoms with Crippen LogP contribution in [0.1, 0.15) is 11.1 Å². The van der Waals surface area contributed by atoms with Gasteiger partial charge < -0.3 is 18.9 Å². The number of alkyl halides is 4. The smallest absolute Gasteiger partial charge is 0.432 e. The lowest BCUT2D eigenvalue weighted by Gasteiger charge is -2.21. The molecule has 0 saturated carbocycles. The van der Waals surface area contributed by atoms with Gasteiger partial charge in [-0.2, -0.15) is 17.6 Å². The van der Waals surface area contributed by atoms with Gasteiger partial charge in [0.25, 0.3) is 0 Å². The summed E-state index contributed by atoms with van der Waals surface area (Å²) in [6.45, 7) is -0.427. The van der Waals surface area contributed by atoms with Crippen LogP contribution in [0.5, 0.6) is 23.0 Å².